The normalized spacial score (nSPS) is 10.8. The number of hydrogen-bond donors (Lipinski definition) is 0. The van der Waals surface area contributed by atoms with Gasteiger partial charge < -0.3 is 0 Å². The Morgan fingerprint density at radius 3 is 1.00 bits per heavy atom. The molecule has 0 aliphatic carbocycles. The Kier molecular flexibility index (Phi) is 12.5. The molecule has 0 aromatic heterocycles. The van der Waals surface area contributed by atoms with Crippen LogP contribution in [0.25, 0.3) is 0 Å². The van der Waals surface area contributed by atoms with E-state index in [9.17, 15) is 0 Å². The van der Waals surface area contributed by atoms with Crippen molar-refractivity contribution in [2.45, 2.75) is 64.6 Å². The third-order valence-electron chi connectivity index (χ3n) is 4.36. The molecular formula is C24H34Ge2S4. The summed E-state index contributed by atoms with van der Waals surface area (Å²) in [5, 5.41) is 0. The van der Waals surface area contributed by atoms with Crippen LogP contribution in [0, 0.1) is 41.5 Å². The van der Waals surface area contributed by atoms with E-state index < -0.39 is 26.4 Å². The summed E-state index contributed by atoms with van der Waals surface area (Å²) in [7, 11) is 3.88. The molecule has 0 nitrogen and oxygen atoms in total. The first-order valence-electron chi connectivity index (χ1n) is 10.0. The zero-order chi connectivity index (χ0) is 23.2. The predicted molar refractivity (Wildman–Crippen MR) is 155 cm³/mol. The van der Waals surface area contributed by atoms with Gasteiger partial charge in [-0.15, -0.1) is 0 Å². The fourth-order valence-corrected chi connectivity index (χ4v) is 16.9. The molecule has 0 N–H and O–H groups in total. The molecule has 0 unspecified atom stereocenters. The molecule has 0 spiro atoms. The predicted octanol–water partition coefficient (Wildman–Crippen LogP) is 8.54. The van der Waals surface area contributed by atoms with E-state index in [2.05, 4.69) is 88.8 Å². The second-order valence-electron chi connectivity index (χ2n) is 8.14. The van der Waals surface area contributed by atoms with Gasteiger partial charge in [-0.1, -0.05) is 0 Å². The van der Waals surface area contributed by atoms with Gasteiger partial charge in [0, 0.05) is 0 Å². The van der Waals surface area contributed by atoms with Gasteiger partial charge in [0.25, 0.3) is 0 Å². The first-order chi connectivity index (χ1) is 13.8. The fraction of sp³-hybridized carbons (Fsp3) is 0.417. The van der Waals surface area contributed by atoms with E-state index in [-0.39, 0.29) is 0 Å². The van der Waals surface area contributed by atoms with Gasteiger partial charge in [-0.05, 0) is 0 Å². The molecule has 162 valence electrons. The van der Waals surface area contributed by atoms with E-state index in [1.54, 1.807) is 0 Å². The molecule has 2 rings (SSSR count). The van der Waals surface area contributed by atoms with Crippen molar-refractivity contribution in [3.63, 3.8) is 0 Å². The molecule has 2 aromatic carbocycles. The minimum absolute atomic E-state index is 0.922. The van der Waals surface area contributed by atoms with Crippen LogP contribution in [0.3, 0.4) is 0 Å². The molecule has 0 aliphatic rings. The van der Waals surface area contributed by atoms with Gasteiger partial charge in [0.2, 0.25) is 0 Å². The summed E-state index contributed by atoms with van der Waals surface area (Å²) in [6, 6.07) is 8.89. The van der Waals surface area contributed by atoms with Crippen molar-refractivity contribution in [2.24, 2.45) is 0 Å². The van der Waals surface area contributed by atoms with E-state index in [0.717, 1.165) is 8.39 Å². The van der Waals surface area contributed by atoms with Crippen LogP contribution in [0.15, 0.2) is 24.3 Å². The summed E-state index contributed by atoms with van der Waals surface area (Å²) in [5.41, 5.74) is 10.5. The van der Waals surface area contributed by atoms with Crippen LogP contribution in [0.2, 0.25) is 23.0 Å². The molecule has 0 heterocycles. The van der Waals surface area contributed by atoms with Gasteiger partial charge in [0.05, 0.1) is 0 Å². The van der Waals surface area contributed by atoms with Gasteiger partial charge in [-0.3, -0.25) is 0 Å². The molecule has 0 saturated carbocycles. The Labute approximate surface area is 211 Å². The molecule has 0 fully saturated rings. The minimum atomic E-state index is -0.922. The molecule has 2 aromatic rings. The molecule has 30 heavy (non-hydrogen) atoms. The standard InChI is InChI=1S/2C12H17GeS2/c2*1-8-6-9(2)11(10(3)7-8)12(14)15-13(4)5/h2*6-7H,1-5H3. The van der Waals surface area contributed by atoms with Gasteiger partial charge >= 0.3 is 213 Å². The van der Waals surface area contributed by atoms with Crippen LogP contribution in [-0.4, -0.2) is 34.8 Å². The van der Waals surface area contributed by atoms with Crippen molar-refractivity contribution in [1.82, 2.24) is 0 Å². The van der Waals surface area contributed by atoms with Crippen molar-refractivity contribution in [3.8, 4) is 0 Å². The SMILES string of the molecule is Cc1cc(C)c(C(=S)[S][Ge]([CH3])[CH3])c(C)c1.Cc1cc(C)c(C(=S)[S][Ge]([CH3])[CH3])c(C)c1. The Morgan fingerprint density at radius 2 is 0.800 bits per heavy atom. The molecule has 0 amide bonds. The van der Waals surface area contributed by atoms with Crippen molar-refractivity contribution >= 4 is 79.4 Å². The van der Waals surface area contributed by atoms with E-state index >= 15 is 0 Å². The molecule has 2 radical (unpaired) electrons. The van der Waals surface area contributed by atoms with Crippen LogP contribution in [0.5, 0.6) is 0 Å². The summed E-state index contributed by atoms with van der Waals surface area (Å²) in [6.45, 7) is 12.9. The average molecular weight is 596 g/mol. The number of thiocarbonyl (C=S) groups is 2. The molecular weight excluding hydrogens is 562 g/mol. The Bertz CT molecular complexity index is 796. The number of rotatable bonds is 4. The summed E-state index contributed by atoms with van der Waals surface area (Å²) in [6.07, 6.45) is 0. The van der Waals surface area contributed by atoms with Gasteiger partial charge in [0.1, 0.15) is 0 Å². The van der Waals surface area contributed by atoms with Crippen LogP contribution < -0.4 is 0 Å². The second kappa shape index (κ2) is 13.2. The van der Waals surface area contributed by atoms with Crippen molar-refractivity contribution in [1.29, 1.82) is 0 Å². The van der Waals surface area contributed by atoms with Crippen LogP contribution >= 0.6 is 44.6 Å². The topological polar surface area (TPSA) is 0 Å². The quantitative estimate of drug-likeness (QED) is 0.256. The molecule has 6 heteroatoms. The number of aryl methyl sites for hydroxylation is 6. The average Bonchev–Trinajstić information content (AvgIpc) is 2.51. The molecule has 0 bridgehead atoms. The zero-order valence-electron chi connectivity index (χ0n) is 19.9. The maximum atomic E-state index is 5.52. The van der Waals surface area contributed by atoms with E-state index in [0.29, 0.717) is 0 Å². The van der Waals surface area contributed by atoms with Crippen LogP contribution in [0.1, 0.15) is 44.5 Å². The molecule has 0 atom stereocenters. The van der Waals surface area contributed by atoms with E-state index in [1.807, 2.05) is 20.2 Å². The van der Waals surface area contributed by atoms with Crippen molar-refractivity contribution < 1.29 is 0 Å². The first kappa shape index (κ1) is 28.4. The summed E-state index contributed by atoms with van der Waals surface area (Å²) in [5.74, 6) is 9.37. The summed E-state index contributed by atoms with van der Waals surface area (Å²) in [4.78, 5) is 0. The zero-order valence-corrected chi connectivity index (χ0v) is 27.4. The Hall–Kier alpha value is 0.406. The Balaban J connectivity index is 0.000000300. The van der Waals surface area contributed by atoms with Gasteiger partial charge in [-0.2, -0.15) is 0 Å². The first-order valence-corrected chi connectivity index (χ1v) is 26.0. The number of benzene rings is 2. The van der Waals surface area contributed by atoms with Crippen molar-refractivity contribution in [3.05, 3.63) is 68.8 Å². The van der Waals surface area contributed by atoms with Gasteiger partial charge in [0.15, 0.2) is 0 Å². The van der Waals surface area contributed by atoms with E-state index in [1.165, 1.54) is 44.5 Å². The van der Waals surface area contributed by atoms with Crippen LogP contribution in [0.4, 0.5) is 0 Å². The molecule has 0 aliphatic heterocycles. The number of hydrogen-bond acceptors (Lipinski definition) is 4. The third kappa shape index (κ3) is 9.11. The second-order valence-corrected chi connectivity index (χ2v) is 29.4. The maximum absolute atomic E-state index is 5.52. The summed E-state index contributed by atoms with van der Waals surface area (Å²) < 4.78 is 2.20. The van der Waals surface area contributed by atoms with Crippen molar-refractivity contribution in [2.75, 3.05) is 0 Å². The summed E-state index contributed by atoms with van der Waals surface area (Å²) >= 11 is 9.19. The Morgan fingerprint density at radius 1 is 0.567 bits per heavy atom. The molecule has 0 saturated heterocycles. The fourth-order valence-electron chi connectivity index (χ4n) is 3.48. The van der Waals surface area contributed by atoms with E-state index in [4.69, 9.17) is 24.4 Å². The monoisotopic (exact) mass is 598 g/mol. The van der Waals surface area contributed by atoms with Crippen LogP contribution in [-0.2, 0) is 0 Å². The third-order valence-corrected chi connectivity index (χ3v) is 16.4. The van der Waals surface area contributed by atoms with Gasteiger partial charge in [-0.25, -0.2) is 0 Å².